The Morgan fingerprint density at radius 3 is 2.64 bits per heavy atom. The summed E-state index contributed by atoms with van der Waals surface area (Å²) in [6.07, 6.45) is 4.83. The van der Waals surface area contributed by atoms with E-state index in [9.17, 15) is 9.59 Å². The summed E-state index contributed by atoms with van der Waals surface area (Å²) in [5.41, 5.74) is 6.14. The summed E-state index contributed by atoms with van der Waals surface area (Å²) in [6, 6.07) is 9.13. The quantitative estimate of drug-likeness (QED) is 0.942. The molecule has 0 bridgehead atoms. The molecule has 1 aromatic heterocycles. The highest BCUT2D eigenvalue weighted by Gasteiger charge is 2.45. The smallest absolute Gasteiger partial charge is 0.254 e. The Bertz CT molecular complexity index is 736. The molecule has 22 heavy (non-hydrogen) atoms. The number of fused-ring (bicyclic) bond motifs is 1. The van der Waals surface area contributed by atoms with Crippen molar-refractivity contribution < 1.29 is 9.59 Å². The number of nitrogens with zero attached hydrogens (tertiary/aromatic N) is 2. The highest BCUT2D eigenvalue weighted by molar-refractivity contribution is 6.01. The van der Waals surface area contributed by atoms with Crippen LogP contribution in [0.15, 0.2) is 36.5 Å². The van der Waals surface area contributed by atoms with Gasteiger partial charge in [-0.15, -0.1) is 0 Å². The van der Waals surface area contributed by atoms with Crippen molar-refractivity contribution in [2.24, 2.45) is 5.73 Å². The van der Waals surface area contributed by atoms with Crippen LogP contribution in [-0.4, -0.2) is 34.3 Å². The van der Waals surface area contributed by atoms with Crippen LogP contribution in [0, 0.1) is 0 Å². The van der Waals surface area contributed by atoms with E-state index in [-0.39, 0.29) is 5.91 Å². The fraction of sp³-hybridized carbons (Fsp3) is 0.353. The topological polar surface area (TPSA) is 76.3 Å². The maximum atomic E-state index is 12.8. The third kappa shape index (κ3) is 2.22. The first-order valence-corrected chi connectivity index (χ1v) is 7.47. The van der Waals surface area contributed by atoms with Gasteiger partial charge in [0, 0.05) is 24.2 Å². The summed E-state index contributed by atoms with van der Waals surface area (Å²) in [4.78, 5) is 30.5. The zero-order valence-electron chi connectivity index (χ0n) is 12.6. The molecule has 0 unspecified atom stereocenters. The number of carbonyl (C=O) groups is 2. The molecule has 1 saturated carbocycles. The van der Waals surface area contributed by atoms with Gasteiger partial charge in [0.05, 0.1) is 5.52 Å². The average Bonchev–Trinajstić information content (AvgIpc) is 3.04. The Balaban J connectivity index is 1.96. The van der Waals surface area contributed by atoms with Crippen LogP contribution in [0.1, 0.15) is 36.0 Å². The lowest BCUT2D eigenvalue weighted by Gasteiger charge is -2.36. The van der Waals surface area contributed by atoms with E-state index in [1.54, 1.807) is 19.3 Å². The lowest BCUT2D eigenvalue weighted by atomic mass is 9.93. The Hall–Kier alpha value is -2.43. The normalized spacial score (nSPS) is 16.6. The van der Waals surface area contributed by atoms with Crippen molar-refractivity contribution in [2.75, 3.05) is 7.05 Å². The van der Waals surface area contributed by atoms with Gasteiger partial charge >= 0.3 is 0 Å². The number of aromatic nitrogens is 1. The Morgan fingerprint density at radius 1 is 1.23 bits per heavy atom. The van der Waals surface area contributed by atoms with E-state index in [4.69, 9.17) is 5.73 Å². The monoisotopic (exact) mass is 297 g/mol. The number of hydrogen-bond acceptors (Lipinski definition) is 3. The van der Waals surface area contributed by atoms with Crippen LogP contribution in [0.3, 0.4) is 0 Å². The molecule has 0 saturated heterocycles. The van der Waals surface area contributed by atoms with Crippen molar-refractivity contribution in [3.63, 3.8) is 0 Å². The zero-order valence-corrected chi connectivity index (χ0v) is 12.6. The summed E-state index contributed by atoms with van der Waals surface area (Å²) in [5.74, 6) is -0.588. The summed E-state index contributed by atoms with van der Waals surface area (Å²) in [7, 11) is 1.67. The first kappa shape index (κ1) is 14.5. The predicted molar refractivity (Wildman–Crippen MR) is 84.2 cm³/mol. The largest absolute Gasteiger partial charge is 0.368 e. The molecule has 1 heterocycles. The van der Waals surface area contributed by atoms with Crippen molar-refractivity contribution in [1.82, 2.24) is 9.88 Å². The lowest BCUT2D eigenvalue weighted by molar-refractivity contribution is -0.127. The SMILES string of the molecule is CN(C(=O)c1ccc2ncccc2c1)C1(C(N)=O)CCCC1. The van der Waals surface area contributed by atoms with E-state index in [1.165, 1.54) is 4.90 Å². The number of nitrogens with two attached hydrogens (primary N) is 1. The molecule has 2 aromatic rings. The zero-order chi connectivity index (χ0) is 15.7. The number of hydrogen-bond donors (Lipinski definition) is 1. The molecule has 5 nitrogen and oxygen atoms in total. The minimum Gasteiger partial charge on any atom is -0.368 e. The minimum absolute atomic E-state index is 0.175. The number of likely N-dealkylation sites (N-methyl/N-ethyl adjacent to an activating group) is 1. The van der Waals surface area contributed by atoms with Crippen LogP contribution in [0.5, 0.6) is 0 Å². The number of rotatable bonds is 3. The molecular weight excluding hydrogens is 278 g/mol. The van der Waals surface area contributed by atoms with Crippen LogP contribution in [0.25, 0.3) is 10.9 Å². The molecule has 1 aliphatic carbocycles. The molecule has 5 heteroatoms. The van der Waals surface area contributed by atoms with Gasteiger partial charge in [0.25, 0.3) is 5.91 Å². The van der Waals surface area contributed by atoms with Gasteiger partial charge in [-0.25, -0.2) is 0 Å². The van der Waals surface area contributed by atoms with Crippen molar-refractivity contribution in [3.8, 4) is 0 Å². The second kappa shape index (κ2) is 5.40. The van der Waals surface area contributed by atoms with Gasteiger partial charge in [0.15, 0.2) is 0 Å². The van der Waals surface area contributed by atoms with E-state index >= 15 is 0 Å². The van der Waals surface area contributed by atoms with Crippen molar-refractivity contribution in [1.29, 1.82) is 0 Å². The second-order valence-electron chi connectivity index (χ2n) is 5.88. The molecule has 114 valence electrons. The molecule has 0 spiro atoms. The van der Waals surface area contributed by atoms with Crippen molar-refractivity contribution in [3.05, 3.63) is 42.1 Å². The molecule has 1 aromatic carbocycles. The summed E-state index contributed by atoms with van der Waals surface area (Å²) in [6.45, 7) is 0. The molecule has 0 aliphatic heterocycles. The van der Waals surface area contributed by atoms with E-state index in [0.717, 1.165) is 23.7 Å². The molecule has 0 atom stereocenters. The molecule has 1 aliphatic rings. The van der Waals surface area contributed by atoms with Gasteiger partial charge in [-0.05, 0) is 37.1 Å². The molecule has 3 rings (SSSR count). The van der Waals surface area contributed by atoms with Gasteiger partial charge < -0.3 is 10.6 Å². The minimum atomic E-state index is -0.846. The van der Waals surface area contributed by atoms with Gasteiger partial charge in [-0.2, -0.15) is 0 Å². The van der Waals surface area contributed by atoms with E-state index in [0.29, 0.717) is 18.4 Å². The highest BCUT2D eigenvalue weighted by atomic mass is 16.2. The molecule has 2 N–H and O–H groups in total. The van der Waals surface area contributed by atoms with Gasteiger partial charge in [-0.1, -0.05) is 18.9 Å². The van der Waals surface area contributed by atoms with Crippen molar-refractivity contribution >= 4 is 22.7 Å². The summed E-state index contributed by atoms with van der Waals surface area (Å²) >= 11 is 0. The predicted octanol–water partition coefficient (Wildman–Crippen LogP) is 2.10. The lowest BCUT2D eigenvalue weighted by Crippen LogP contribution is -2.56. The molecule has 2 amide bonds. The Morgan fingerprint density at radius 2 is 1.95 bits per heavy atom. The van der Waals surface area contributed by atoms with Crippen LogP contribution < -0.4 is 5.73 Å². The van der Waals surface area contributed by atoms with Gasteiger partial charge in [0.2, 0.25) is 5.91 Å². The summed E-state index contributed by atoms with van der Waals surface area (Å²) < 4.78 is 0. The van der Waals surface area contributed by atoms with Crippen LogP contribution in [0.4, 0.5) is 0 Å². The van der Waals surface area contributed by atoms with Gasteiger partial charge in [-0.3, -0.25) is 14.6 Å². The Labute approximate surface area is 129 Å². The van der Waals surface area contributed by atoms with E-state index in [2.05, 4.69) is 4.98 Å². The standard InChI is InChI=1S/C17H19N3O2/c1-20(17(16(18)22)8-2-3-9-17)15(21)13-6-7-14-12(11-13)5-4-10-19-14/h4-7,10-11H,2-3,8-9H2,1H3,(H2,18,22). The maximum Gasteiger partial charge on any atom is 0.254 e. The fourth-order valence-corrected chi connectivity index (χ4v) is 3.30. The van der Waals surface area contributed by atoms with Crippen LogP contribution >= 0.6 is 0 Å². The third-order valence-corrected chi connectivity index (χ3v) is 4.69. The first-order chi connectivity index (χ1) is 10.5. The van der Waals surface area contributed by atoms with Crippen LogP contribution in [0.2, 0.25) is 0 Å². The average molecular weight is 297 g/mol. The molecule has 0 radical (unpaired) electrons. The van der Waals surface area contributed by atoms with Crippen LogP contribution in [-0.2, 0) is 4.79 Å². The maximum absolute atomic E-state index is 12.8. The van der Waals surface area contributed by atoms with Crippen molar-refractivity contribution in [2.45, 2.75) is 31.2 Å². The number of primary amides is 1. The number of amides is 2. The molecule has 1 fully saturated rings. The highest BCUT2D eigenvalue weighted by Crippen LogP contribution is 2.35. The number of pyridine rings is 1. The van der Waals surface area contributed by atoms with E-state index < -0.39 is 11.4 Å². The van der Waals surface area contributed by atoms with E-state index in [1.807, 2.05) is 24.3 Å². The Kier molecular flexibility index (Phi) is 3.56. The fourth-order valence-electron chi connectivity index (χ4n) is 3.30. The number of carbonyl (C=O) groups excluding carboxylic acids is 2. The second-order valence-corrected chi connectivity index (χ2v) is 5.88. The number of benzene rings is 1. The van der Waals surface area contributed by atoms with Gasteiger partial charge in [0.1, 0.15) is 5.54 Å². The summed E-state index contributed by atoms with van der Waals surface area (Å²) in [5, 5.41) is 0.904. The first-order valence-electron chi connectivity index (χ1n) is 7.47. The third-order valence-electron chi connectivity index (χ3n) is 4.69. The molecular formula is C17H19N3O2.